The molecular formula is C9H6BrFN2O. The number of benzene rings is 1. The maximum absolute atomic E-state index is 12.9. The predicted molar refractivity (Wildman–Crippen MR) is 53.5 cm³/mol. The minimum atomic E-state index is -0.547. The molecule has 0 spiro atoms. The SMILES string of the molecule is N#Cc1cc(F)cc(NC(=O)CBr)c1. The lowest BCUT2D eigenvalue weighted by Gasteiger charge is -2.03. The van der Waals surface area contributed by atoms with Gasteiger partial charge in [0.05, 0.1) is 17.0 Å². The number of rotatable bonds is 2. The smallest absolute Gasteiger partial charge is 0.235 e. The van der Waals surface area contributed by atoms with Crippen molar-refractivity contribution in [3.8, 4) is 6.07 Å². The summed E-state index contributed by atoms with van der Waals surface area (Å²) in [5.74, 6) is -0.839. The van der Waals surface area contributed by atoms with Gasteiger partial charge in [-0.15, -0.1) is 0 Å². The molecule has 0 radical (unpaired) electrons. The van der Waals surface area contributed by atoms with E-state index in [0.29, 0.717) is 0 Å². The summed E-state index contributed by atoms with van der Waals surface area (Å²) in [6, 6.07) is 5.46. The minimum Gasteiger partial charge on any atom is -0.325 e. The molecule has 72 valence electrons. The van der Waals surface area contributed by atoms with Crippen molar-refractivity contribution in [3.05, 3.63) is 29.6 Å². The Morgan fingerprint density at radius 3 is 2.86 bits per heavy atom. The van der Waals surface area contributed by atoms with Gasteiger partial charge in [0.2, 0.25) is 5.91 Å². The average Bonchev–Trinajstić information content (AvgIpc) is 2.16. The van der Waals surface area contributed by atoms with Crippen LogP contribution >= 0.6 is 15.9 Å². The normalized spacial score (nSPS) is 9.21. The standard InChI is InChI=1S/C9H6BrFN2O/c10-4-9(14)13-8-2-6(5-12)1-7(11)3-8/h1-3H,4H2,(H,13,14). The van der Waals surface area contributed by atoms with E-state index in [4.69, 9.17) is 5.26 Å². The van der Waals surface area contributed by atoms with Gasteiger partial charge in [-0.3, -0.25) is 4.79 Å². The summed E-state index contributed by atoms with van der Waals surface area (Å²) in [6.45, 7) is 0. The van der Waals surface area contributed by atoms with Gasteiger partial charge in [0.1, 0.15) is 5.82 Å². The Morgan fingerprint density at radius 2 is 2.29 bits per heavy atom. The highest BCUT2D eigenvalue weighted by atomic mass is 79.9. The molecule has 0 bridgehead atoms. The zero-order chi connectivity index (χ0) is 10.6. The van der Waals surface area contributed by atoms with Crippen LogP contribution < -0.4 is 5.32 Å². The van der Waals surface area contributed by atoms with E-state index in [-0.39, 0.29) is 22.5 Å². The Kier molecular flexibility index (Phi) is 3.60. The zero-order valence-corrected chi connectivity index (χ0v) is 8.64. The molecule has 1 aromatic carbocycles. The van der Waals surface area contributed by atoms with Crippen LogP contribution in [0.4, 0.5) is 10.1 Å². The number of carbonyl (C=O) groups excluding carboxylic acids is 1. The van der Waals surface area contributed by atoms with E-state index in [1.165, 1.54) is 6.07 Å². The Morgan fingerprint density at radius 1 is 1.57 bits per heavy atom. The van der Waals surface area contributed by atoms with Gasteiger partial charge in [-0.2, -0.15) is 5.26 Å². The van der Waals surface area contributed by atoms with Crippen LogP contribution in [0, 0.1) is 17.1 Å². The number of nitrogens with zero attached hydrogens (tertiary/aromatic N) is 1. The Bertz CT molecular complexity index is 400. The number of alkyl halides is 1. The third kappa shape index (κ3) is 2.82. The summed E-state index contributed by atoms with van der Waals surface area (Å²) >= 11 is 2.96. The summed E-state index contributed by atoms with van der Waals surface area (Å²) in [5, 5.41) is 11.1. The predicted octanol–water partition coefficient (Wildman–Crippen LogP) is 2.03. The van der Waals surface area contributed by atoms with Crippen molar-refractivity contribution in [1.82, 2.24) is 0 Å². The number of hydrogen-bond donors (Lipinski definition) is 1. The molecule has 0 saturated heterocycles. The van der Waals surface area contributed by atoms with Crippen molar-refractivity contribution < 1.29 is 9.18 Å². The second-order valence-corrected chi connectivity index (χ2v) is 3.08. The molecule has 0 atom stereocenters. The summed E-state index contributed by atoms with van der Waals surface area (Å²) in [4.78, 5) is 10.9. The first-order chi connectivity index (χ1) is 6.65. The number of nitriles is 1. The molecule has 1 rings (SSSR count). The van der Waals surface area contributed by atoms with Crippen LogP contribution in [0.15, 0.2) is 18.2 Å². The lowest BCUT2D eigenvalue weighted by Crippen LogP contribution is -2.12. The van der Waals surface area contributed by atoms with Crippen molar-refractivity contribution in [2.75, 3.05) is 10.6 Å². The molecule has 14 heavy (non-hydrogen) atoms. The van der Waals surface area contributed by atoms with Crippen LogP contribution in [0.2, 0.25) is 0 Å². The molecule has 0 aliphatic carbocycles. The molecule has 0 saturated carbocycles. The van der Waals surface area contributed by atoms with Crippen LogP contribution in [0.3, 0.4) is 0 Å². The maximum Gasteiger partial charge on any atom is 0.235 e. The molecule has 0 fully saturated rings. The van der Waals surface area contributed by atoms with Crippen molar-refractivity contribution in [1.29, 1.82) is 5.26 Å². The molecule has 0 aliphatic rings. The summed E-state index contributed by atoms with van der Waals surface area (Å²) in [7, 11) is 0. The van der Waals surface area contributed by atoms with Gasteiger partial charge < -0.3 is 5.32 Å². The van der Waals surface area contributed by atoms with E-state index >= 15 is 0 Å². The Hall–Kier alpha value is -1.41. The highest BCUT2D eigenvalue weighted by Gasteiger charge is 2.03. The molecule has 0 aliphatic heterocycles. The molecule has 0 unspecified atom stereocenters. The lowest BCUT2D eigenvalue weighted by atomic mass is 10.2. The van der Waals surface area contributed by atoms with E-state index in [1.54, 1.807) is 6.07 Å². The van der Waals surface area contributed by atoms with Gasteiger partial charge in [-0.25, -0.2) is 4.39 Å². The fourth-order valence-corrected chi connectivity index (χ4v) is 1.06. The van der Waals surface area contributed by atoms with Crippen LogP contribution in [-0.2, 0) is 4.79 Å². The van der Waals surface area contributed by atoms with Gasteiger partial charge >= 0.3 is 0 Å². The van der Waals surface area contributed by atoms with Gasteiger partial charge in [0.25, 0.3) is 0 Å². The first-order valence-corrected chi connectivity index (χ1v) is 4.84. The third-order valence-corrected chi connectivity index (χ3v) is 1.94. The van der Waals surface area contributed by atoms with Gasteiger partial charge in [0, 0.05) is 5.69 Å². The second-order valence-electron chi connectivity index (χ2n) is 2.52. The number of hydrogen-bond acceptors (Lipinski definition) is 2. The number of nitrogens with one attached hydrogen (secondary N) is 1. The molecule has 1 aromatic rings. The molecule has 0 aromatic heterocycles. The topological polar surface area (TPSA) is 52.9 Å². The van der Waals surface area contributed by atoms with E-state index in [1.807, 2.05) is 0 Å². The van der Waals surface area contributed by atoms with Crippen molar-refractivity contribution >= 4 is 27.5 Å². The molecule has 1 N–H and O–H groups in total. The highest BCUT2D eigenvalue weighted by Crippen LogP contribution is 2.13. The first kappa shape index (κ1) is 10.7. The molecule has 3 nitrogen and oxygen atoms in total. The van der Waals surface area contributed by atoms with E-state index in [0.717, 1.165) is 12.1 Å². The van der Waals surface area contributed by atoms with Crippen molar-refractivity contribution in [2.24, 2.45) is 0 Å². The van der Waals surface area contributed by atoms with Crippen LogP contribution in [0.25, 0.3) is 0 Å². The van der Waals surface area contributed by atoms with Crippen molar-refractivity contribution in [3.63, 3.8) is 0 Å². The van der Waals surface area contributed by atoms with E-state index in [9.17, 15) is 9.18 Å². The number of carbonyl (C=O) groups is 1. The Labute approximate surface area is 88.7 Å². The van der Waals surface area contributed by atoms with Crippen LogP contribution in [0.1, 0.15) is 5.56 Å². The molecule has 5 heteroatoms. The monoisotopic (exact) mass is 256 g/mol. The fourth-order valence-electron chi connectivity index (χ4n) is 0.921. The largest absolute Gasteiger partial charge is 0.325 e. The van der Waals surface area contributed by atoms with Gasteiger partial charge in [-0.05, 0) is 18.2 Å². The summed E-state index contributed by atoms with van der Waals surface area (Å²) in [6.07, 6.45) is 0. The zero-order valence-electron chi connectivity index (χ0n) is 7.05. The average molecular weight is 257 g/mol. The van der Waals surface area contributed by atoms with Gasteiger partial charge in [-0.1, -0.05) is 15.9 Å². The molecule has 0 heterocycles. The number of halogens is 2. The number of anilines is 1. The fraction of sp³-hybridized carbons (Fsp3) is 0.111. The van der Waals surface area contributed by atoms with Crippen LogP contribution in [0.5, 0.6) is 0 Å². The molecule has 1 amide bonds. The summed E-state index contributed by atoms with van der Waals surface area (Å²) in [5.41, 5.74) is 0.459. The Balaban J connectivity index is 2.93. The summed E-state index contributed by atoms with van der Waals surface area (Å²) < 4.78 is 12.9. The van der Waals surface area contributed by atoms with E-state index < -0.39 is 5.82 Å². The first-order valence-electron chi connectivity index (χ1n) is 3.72. The quantitative estimate of drug-likeness (QED) is 0.824. The van der Waals surface area contributed by atoms with E-state index in [2.05, 4.69) is 21.2 Å². The third-order valence-electron chi connectivity index (χ3n) is 1.43. The maximum atomic E-state index is 12.9. The van der Waals surface area contributed by atoms with Crippen LogP contribution in [-0.4, -0.2) is 11.2 Å². The highest BCUT2D eigenvalue weighted by molar-refractivity contribution is 9.09. The molecular weight excluding hydrogens is 251 g/mol. The van der Waals surface area contributed by atoms with Gasteiger partial charge in [0.15, 0.2) is 0 Å². The van der Waals surface area contributed by atoms with Crippen molar-refractivity contribution in [2.45, 2.75) is 0 Å². The minimum absolute atomic E-state index is 0.130. The number of amides is 1. The lowest BCUT2D eigenvalue weighted by molar-refractivity contribution is -0.113. The second kappa shape index (κ2) is 4.72.